The van der Waals surface area contributed by atoms with E-state index in [9.17, 15) is 4.79 Å². The molecule has 0 saturated heterocycles. The van der Waals surface area contributed by atoms with Crippen molar-refractivity contribution in [2.75, 3.05) is 6.54 Å². The third kappa shape index (κ3) is 2.70. The molecule has 4 rings (SSSR count). The number of amides is 1. The Morgan fingerprint density at radius 3 is 2.91 bits per heavy atom. The van der Waals surface area contributed by atoms with Crippen molar-refractivity contribution in [3.8, 4) is 0 Å². The van der Waals surface area contributed by atoms with Crippen molar-refractivity contribution < 1.29 is 4.79 Å². The largest absolute Gasteiger partial charge is 0.351 e. The predicted molar refractivity (Wildman–Crippen MR) is 90.8 cm³/mol. The Labute approximate surface area is 138 Å². The fourth-order valence-electron chi connectivity index (χ4n) is 2.97. The van der Waals surface area contributed by atoms with E-state index in [1.54, 1.807) is 12.4 Å². The number of halogens is 1. The van der Waals surface area contributed by atoms with Crippen LogP contribution in [0.3, 0.4) is 0 Å². The lowest BCUT2D eigenvalue weighted by Crippen LogP contribution is -2.32. The molecule has 4 nitrogen and oxygen atoms in total. The molecule has 1 heterocycles. The lowest BCUT2D eigenvalue weighted by atomic mass is 9.96. The molecule has 1 aliphatic rings. The smallest absolute Gasteiger partial charge is 0.251 e. The molecule has 3 aromatic rings. The van der Waals surface area contributed by atoms with Crippen LogP contribution in [0.5, 0.6) is 0 Å². The Kier molecular flexibility index (Phi) is 3.34. The molecule has 1 fully saturated rings. The molecule has 0 aliphatic heterocycles. The Bertz CT molecular complexity index is 883. The number of H-pyrrole nitrogens is 1. The van der Waals surface area contributed by atoms with Gasteiger partial charge in [0.15, 0.2) is 0 Å². The van der Waals surface area contributed by atoms with Gasteiger partial charge in [0.05, 0.1) is 17.4 Å². The van der Waals surface area contributed by atoms with Crippen LogP contribution >= 0.6 is 11.6 Å². The Balaban J connectivity index is 1.49. The fraction of sp³-hybridized carbons (Fsp3) is 0.222. The molecule has 1 saturated carbocycles. The minimum Gasteiger partial charge on any atom is -0.351 e. The highest BCUT2D eigenvalue weighted by atomic mass is 35.5. The molecule has 5 heteroatoms. The maximum Gasteiger partial charge on any atom is 0.251 e. The summed E-state index contributed by atoms with van der Waals surface area (Å²) in [5, 5.41) is 3.80. The van der Waals surface area contributed by atoms with E-state index in [1.807, 2.05) is 30.3 Å². The van der Waals surface area contributed by atoms with Gasteiger partial charge in [-0.3, -0.25) is 4.79 Å². The first-order valence-electron chi connectivity index (χ1n) is 7.64. The second-order valence-corrected chi connectivity index (χ2v) is 6.54. The number of nitrogens with zero attached hydrogens (tertiary/aromatic N) is 1. The SMILES string of the molecule is O=C(NCC1(c2cccc(Cl)c2)CC1)c1ccc2nc[nH]c2c1. The summed E-state index contributed by atoms with van der Waals surface area (Å²) in [7, 11) is 0. The van der Waals surface area contributed by atoms with Gasteiger partial charge in [-0.2, -0.15) is 0 Å². The van der Waals surface area contributed by atoms with Crippen molar-refractivity contribution in [1.82, 2.24) is 15.3 Å². The van der Waals surface area contributed by atoms with E-state index in [-0.39, 0.29) is 11.3 Å². The minimum absolute atomic E-state index is 0.0403. The van der Waals surface area contributed by atoms with Crippen LogP contribution < -0.4 is 5.32 Å². The topological polar surface area (TPSA) is 57.8 Å². The Morgan fingerprint density at radius 2 is 2.13 bits per heavy atom. The minimum atomic E-state index is -0.0604. The van der Waals surface area contributed by atoms with E-state index in [2.05, 4.69) is 21.4 Å². The fourth-order valence-corrected chi connectivity index (χ4v) is 3.16. The number of nitrogens with one attached hydrogen (secondary N) is 2. The number of carbonyl (C=O) groups is 1. The van der Waals surface area contributed by atoms with Gasteiger partial charge in [-0.15, -0.1) is 0 Å². The maximum atomic E-state index is 12.4. The standard InChI is InChI=1S/C18H16ClN3O/c19-14-3-1-2-13(9-14)18(6-7-18)10-20-17(23)12-4-5-15-16(8-12)22-11-21-15/h1-5,8-9,11H,6-7,10H2,(H,20,23)(H,21,22). The van der Waals surface area contributed by atoms with Crippen LogP contribution in [0.15, 0.2) is 48.8 Å². The van der Waals surface area contributed by atoms with Crippen LogP contribution in [0.1, 0.15) is 28.8 Å². The van der Waals surface area contributed by atoms with Gasteiger partial charge in [-0.1, -0.05) is 23.7 Å². The van der Waals surface area contributed by atoms with Gasteiger partial charge in [-0.05, 0) is 48.7 Å². The summed E-state index contributed by atoms with van der Waals surface area (Å²) in [4.78, 5) is 19.6. The van der Waals surface area contributed by atoms with Gasteiger partial charge in [0.2, 0.25) is 0 Å². The van der Waals surface area contributed by atoms with Crippen LogP contribution in [0.25, 0.3) is 11.0 Å². The number of hydrogen-bond acceptors (Lipinski definition) is 2. The highest BCUT2D eigenvalue weighted by Crippen LogP contribution is 2.48. The molecule has 0 unspecified atom stereocenters. The molecular formula is C18H16ClN3O. The van der Waals surface area contributed by atoms with E-state index in [0.717, 1.165) is 28.9 Å². The zero-order chi connectivity index (χ0) is 15.9. The van der Waals surface area contributed by atoms with Gasteiger partial charge in [-0.25, -0.2) is 4.98 Å². The number of aromatic amines is 1. The van der Waals surface area contributed by atoms with Crippen molar-refractivity contribution in [2.45, 2.75) is 18.3 Å². The normalized spacial score (nSPS) is 15.5. The van der Waals surface area contributed by atoms with E-state index in [4.69, 9.17) is 11.6 Å². The summed E-state index contributed by atoms with van der Waals surface area (Å²) in [6.45, 7) is 0.632. The molecule has 0 bridgehead atoms. The molecular weight excluding hydrogens is 310 g/mol. The first-order valence-corrected chi connectivity index (χ1v) is 8.02. The molecule has 0 spiro atoms. The molecule has 23 heavy (non-hydrogen) atoms. The molecule has 2 aromatic carbocycles. The monoisotopic (exact) mass is 325 g/mol. The molecule has 2 N–H and O–H groups in total. The van der Waals surface area contributed by atoms with Crippen LogP contribution in [0, 0.1) is 0 Å². The summed E-state index contributed by atoms with van der Waals surface area (Å²) in [5.41, 5.74) is 3.62. The summed E-state index contributed by atoms with van der Waals surface area (Å²) in [6, 6.07) is 13.4. The zero-order valence-electron chi connectivity index (χ0n) is 12.5. The van der Waals surface area contributed by atoms with Gasteiger partial charge < -0.3 is 10.3 Å². The Morgan fingerprint density at radius 1 is 1.26 bits per heavy atom. The van der Waals surface area contributed by atoms with Crippen molar-refractivity contribution in [3.05, 3.63) is 64.9 Å². The number of benzene rings is 2. The third-order valence-corrected chi connectivity index (χ3v) is 4.80. The lowest BCUT2D eigenvalue weighted by molar-refractivity contribution is 0.0950. The van der Waals surface area contributed by atoms with Crippen LogP contribution in [0.4, 0.5) is 0 Å². The third-order valence-electron chi connectivity index (χ3n) is 4.56. The van der Waals surface area contributed by atoms with Crippen molar-refractivity contribution in [1.29, 1.82) is 0 Å². The van der Waals surface area contributed by atoms with Gasteiger partial charge >= 0.3 is 0 Å². The first kappa shape index (κ1) is 14.3. The summed E-state index contributed by atoms with van der Waals surface area (Å²) in [6.07, 6.45) is 3.78. The average molecular weight is 326 g/mol. The molecule has 0 atom stereocenters. The predicted octanol–water partition coefficient (Wildman–Crippen LogP) is 3.68. The number of fused-ring (bicyclic) bond motifs is 1. The molecule has 116 valence electrons. The lowest BCUT2D eigenvalue weighted by Gasteiger charge is -2.17. The molecule has 1 aromatic heterocycles. The highest BCUT2D eigenvalue weighted by Gasteiger charge is 2.44. The number of carbonyl (C=O) groups excluding carboxylic acids is 1. The molecule has 1 aliphatic carbocycles. The van der Waals surface area contributed by atoms with Crippen molar-refractivity contribution in [3.63, 3.8) is 0 Å². The summed E-state index contributed by atoms with van der Waals surface area (Å²) < 4.78 is 0. The van der Waals surface area contributed by atoms with Gasteiger partial charge in [0, 0.05) is 22.5 Å². The highest BCUT2D eigenvalue weighted by molar-refractivity contribution is 6.30. The van der Waals surface area contributed by atoms with Crippen LogP contribution in [-0.2, 0) is 5.41 Å². The maximum absolute atomic E-state index is 12.4. The number of imidazole rings is 1. The van der Waals surface area contributed by atoms with Gasteiger partial charge in [0.25, 0.3) is 5.91 Å². The van der Waals surface area contributed by atoms with E-state index in [0.29, 0.717) is 12.1 Å². The number of hydrogen-bond donors (Lipinski definition) is 2. The van der Waals surface area contributed by atoms with Crippen molar-refractivity contribution >= 4 is 28.5 Å². The van der Waals surface area contributed by atoms with E-state index >= 15 is 0 Å². The summed E-state index contributed by atoms with van der Waals surface area (Å²) in [5.74, 6) is -0.0604. The first-order chi connectivity index (χ1) is 11.2. The quantitative estimate of drug-likeness (QED) is 0.768. The Hall–Kier alpha value is -2.33. The number of aromatic nitrogens is 2. The van der Waals surface area contributed by atoms with Crippen molar-refractivity contribution in [2.24, 2.45) is 0 Å². The average Bonchev–Trinajstić information content (AvgIpc) is 3.21. The molecule has 1 amide bonds. The summed E-state index contributed by atoms with van der Waals surface area (Å²) >= 11 is 6.09. The number of rotatable bonds is 4. The zero-order valence-corrected chi connectivity index (χ0v) is 13.2. The van der Waals surface area contributed by atoms with Crippen LogP contribution in [-0.4, -0.2) is 22.4 Å². The molecule has 0 radical (unpaired) electrons. The van der Waals surface area contributed by atoms with Crippen LogP contribution in [0.2, 0.25) is 5.02 Å². The van der Waals surface area contributed by atoms with E-state index < -0.39 is 0 Å². The van der Waals surface area contributed by atoms with Gasteiger partial charge in [0.1, 0.15) is 0 Å². The second-order valence-electron chi connectivity index (χ2n) is 6.11. The second kappa shape index (κ2) is 5.39. The van der Waals surface area contributed by atoms with E-state index in [1.165, 1.54) is 5.56 Å².